The van der Waals surface area contributed by atoms with Crippen molar-refractivity contribution in [1.29, 1.82) is 0 Å². The molecule has 3 aromatic rings. The largest absolute Gasteiger partial charge is 0.451 e. The predicted octanol–water partition coefficient (Wildman–Crippen LogP) is 4.15. The fourth-order valence-corrected chi connectivity index (χ4v) is 3.47. The average Bonchev–Trinajstić information content (AvgIpc) is 3.33. The first-order valence-electron chi connectivity index (χ1n) is 8.02. The van der Waals surface area contributed by atoms with Gasteiger partial charge in [0.1, 0.15) is 10.7 Å². The van der Waals surface area contributed by atoms with Crippen molar-refractivity contribution in [1.82, 2.24) is 9.47 Å². The third kappa shape index (κ3) is 4.37. The first kappa shape index (κ1) is 19.1. The fourth-order valence-electron chi connectivity index (χ4n) is 2.47. The number of hydrogen-bond donors (Lipinski definition) is 0. The normalized spacial score (nSPS) is 10.6. The number of carbonyl (C=O) groups is 2. The zero-order chi connectivity index (χ0) is 19.4. The van der Waals surface area contributed by atoms with Gasteiger partial charge in [-0.1, -0.05) is 17.7 Å². The van der Waals surface area contributed by atoms with Gasteiger partial charge >= 0.3 is 5.97 Å². The number of nitrogens with zero attached hydrogens (tertiary/aromatic N) is 2. The van der Waals surface area contributed by atoms with Gasteiger partial charge in [0, 0.05) is 36.6 Å². The summed E-state index contributed by atoms with van der Waals surface area (Å²) in [6, 6.07) is 9.82. The Kier molecular flexibility index (Phi) is 5.93. The van der Waals surface area contributed by atoms with E-state index in [1.165, 1.54) is 35.4 Å². The molecule has 5 nitrogen and oxygen atoms in total. The zero-order valence-electron chi connectivity index (χ0n) is 14.4. The molecule has 0 saturated carbocycles. The van der Waals surface area contributed by atoms with Crippen LogP contribution in [-0.2, 0) is 16.1 Å². The van der Waals surface area contributed by atoms with Crippen LogP contribution in [0.25, 0.3) is 5.69 Å². The van der Waals surface area contributed by atoms with E-state index < -0.39 is 24.3 Å². The molecule has 1 aromatic carbocycles. The van der Waals surface area contributed by atoms with Gasteiger partial charge in [0.2, 0.25) is 0 Å². The lowest BCUT2D eigenvalue weighted by Crippen LogP contribution is -2.31. The van der Waals surface area contributed by atoms with Crippen LogP contribution in [0.15, 0.2) is 54.2 Å². The number of hydrogen-bond acceptors (Lipinski definition) is 4. The fraction of sp³-hybridized carbons (Fsp3) is 0.158. The van der Waals surface area contributed by atoms with E-state index in [2.05, 4.69) is 0 Å². The molecule has 0 unspecified atom stereocenters. The molecule has 0 N–H and O–H groups in total. The summed E-state index contributed by atoms with van der Waals surface area (Å²) in [6.07, 6.45) is 3.63. The molecule has 0 aliphatic heterocycles. The molecule has 0 bridgehead atoms. The van der Waals surface area contributed by atoms with E-state index in [4.69, 9.17) is 16.3 Å². The van der Waals surface area contributed by atoms with Crippen LogP contribution in [0.1, 0.15) is 15.2 Å². The number of esters is 1. The van der Waals surface area contributed by atoms with E-state index in [1.54, 1.807) is 22.1 Å². The highest BCUT2D eigenvalue weighted by Gasteiger charge is 2.19. The van der Waals surface area contributed by atoms with Crippen molar-refractivity contribution in [2.45, 2.75) is 6.54 Å². The smallest absolute Gasteiger partial charge is 0.350 e. The van der Waals surface area contributed by atoms with E-state index >= 15 is 0 Å². The minimum Gasteiger partial charge on any atom is -0.451 e. The summed E-state index contributed by atoms with van der Waals surface area (Å²) in [5, 5.41) is 2.02. The average molecular weight is 407 g/mol. The Labute approximate surface area is 164 Å². The number of carbonyl (C=O) groups excluding carboxylic acids is 2. The van der Waals surface area contributed by atoms with E-state index in [9.17, 15) is 14.0 Å². The van der Waals surface area contributed by atoms with Crippen LogP contribution in [-0.4, -0.2) is 35.0 Å². The van der Waals surface area contributed by atoms with Gasteiger partial charge in [-0.05, 0) is 35.7 Å². The SMILES string of the molecule is CN(Cc1c(F)cccc1Cl)C(=O)COC(=O)c1sccc1-n1cccc1. The Morgan fingerprint density at radius 3 is 2.67 bits per heavy atom. The maximum atomic E-state index is 13.8. The highest BCUT2D eigenvalue weighted by Crippen LogP contribution is 2.23. The summed E-state index contributed by atoms with van der Waals surface area (Å²) in [5.41, 5.74) is 0.906. The molecule has 3 rings (SSSR count). The summed E-state index contributed by atoms with van der Waals surface area (Å²) >= 11 is 7.21. The summed E-state index contributed by atoms with van der Waals surface area (Å²) < 4.78 is 20.8. The quantitative estimate of drug-likeness (QED) is 0.578. The Morgan fingerprint density at radius 2 is 1.96 bits per heavy atom. The molecule has 2 heterocycles. The molecular weight excluding hydrogens is 391 g/mol. The molecule has 8 heteroatoms. The maximum Gasteiger partial charge on any atom is 0.350 e. The molecule has 2 aromatic heterocycles. The lowest BCUT2D eigenvalue weighted by Gasteiger charge is -2.18. The summed E-state index contributed by atoms with van der Waals surface area (Å²) in [7, 11) is 1.50. The van der Waals surface area contributed by atoms with Gasteiger partial charge < -0.3 is 14.2 Å². The highest BCUT2D eigenvalue weighted by atomic mass is 35.5. The van der Waals surface area contributed by atoms with Crippen molar-refractivity contribution in [3.63, 3.8) is 0 Å². The predicted molar refractivity (Wildman–Crippen MR) is 102 cm³/mol. The first-order valence-corrected chi connectivity index (χ1v) is 9.28. The summed E-state index contributed by atoms with van der Waals surface area (Å²) in [5.74, 6) is -1.53. The third-order valence-corrected chi connectivity index (χ3v) is 5.16. The second-order valence-electron chi connectivity index (χ2n) is 5.75. The number of aromatic nitrogens is 1. The van der Waals surface area contributed by atoms with Crippen molar-refractivity contribution < 1.29 is 18.7 Å². The van der Waals surface area contributed by atoms with E-state index in [0.717, 1.165) is 0 Å². The number of thiophene rings is 1. The number of amides is 1. The topological polar surface area (TPSA) is 51.5 Å². The van der Waals surface area contributed by atoms with Crippen molar-refractivity contribution in [2.75, 3.05) is 13.7 Å². The molecular formula is C19H16ClFN2O3S. The molecule has 140 valence electrons. The molecule has 0 radical (unpaired) electrons. The van der Waals surface area contributed by atoms with Crippen LogP contribution in [0.5, 0.6) is 0 Å². The third-order valence-electron chi connectivity index (χ3n) is 3.92. The Morgan fingerprint density at radius 1 is 1.22 bits per heavy atom. The standard InChI is InChI=1S/C19H16ClFN2O3S/c1-22(11-13-14(20)5-4-6-15(13)21)17(24)12-26-19(25)18-16(7-10-27-18)23-8-2-3-9-23/h2-10H,11-12H2,1H3. The van der Waals surface area contributed by atoms with Crippen LogP contribution >= 0.6 is 22.9 Å². The van der Waals surface area contributed by atoms with Crippen LogP contribution in [0.3, 0.4) is 0 Å². The van der Waals surface area contributed by atoms with Gasteiger partial charge in [-0.15, -0.1) is 11.3 Å². The van der Waals surface area contributed by atoms with Crippen molar-refractivity contribution in [3.8, 4) is 5.69 Å². The van der Waals surface area contributed by atoms with E-state index in [1.807, 2.05) is 24.5 Å². The van der Waals surface area contributed by atoms with Crippen LogP contribution in [0.4, 0.5) is 4.39 Å². The minimum atomic E-state index is -0.584. The maximum absolute atomic E-state index is 13.8. The lowest BCUT2D eigenvalue weighted by atomic mass is 10.2. The van der Waals surface area contributed by atoms with Crippen LogP contribution in [0, 0.1) is 5.82 Å². The molecule has 0 aliphatic rings. The number of benzene rings is 1. The van der Waals surface area contributed by atoms with Crippen molar-refractivity contribution in [3.05, 3.63) is 75.5 Å². The number of likely N-dealkylation sites (N-methyl/N-ethyl adjacent to an activating group) is 1. The number of rotatable bonds is 6. The van der Waals surface area contributed by atoms with Gasteiger partial charge in [0.25, 0.3) is 5.91 Å². The molecule has 27 heavy (non-hydrogen) atoms. The van der Waals surface area contributed by atoms with Crippen molar-refractivity contribution >= 4 is 34.8 Å². The highest BCUT2D eigenvalue weighted by molar-refractivity contribution is 7.12. The summed E-state index contributed by atoms with van der Waals surface area (Å²) in [6.45, 7) is -0.458. The van der Waals surface area contributed by atoms with E-state index in [-0.39, 0.29) is 17.1 Å². The molecule has 0 atom stereocenters. The van der Waals surface area contributed by atoms with Gasteiger partial charge in [0.05, 0.1) is 5.69 Å². The molecule has 0 saturated heterocycles. The second-order valence-corrected chi connectivity index (χ2v) is 7.07. The molecule has 0 fully saturated rings. The molecule has 0 aliphatic carbocycles. The van der Waals surface area contributed by atoms with Crippen molar-refractivity contribution in [2.24, 2.45) is 0 Å². The van der Waals surface area contributed by atoms with Gasteiger partial charge in [0.15, 0.2) is 6.61 Å². The van der Waals surface area contributed by atoms with Gasteiger partial charge in [-0.2, -0.15) is 0 Å². The zero-order valence-corrected chi connectivity index (χ0v) is 16.0. The molecule has 0 spiro atoms. The first-order chi connectivity index (χ1) is 13.0. The second kappa shape index (κ2) is 8.37. The summed E-state index contributed by atoms with van der Waals surface area (Å²) in [4.78, 5) is 26.2. The van der Waals surface area contributed by atoms with Gasteiger partial charge in [-0.25, -0.2) is 9.18 Å². The van der Waals surface area contributed by atoms with Gasteiger partial charge in [-0.3, -0.25) is 4.79 Å². The van der Waals surface area contributed by atoms with E-state index in [0.29, 0.717) is 10.6 Å². The monoisotopic (exact) mass is 406 g/mol. The van der Waals surface area contributed by atoms with Crippen LogP contribution < -0.4 is 0 Å². The lowest BCUT2D eigenvalue weighted by molar-refractivity contribution is -0.133. The molecule has 1 amide bonds. The number of ether oxygens (including phenoxy) is 1. The Bertz CT molecular complexity index is 936. The Balaban J connectivity index is 1.61. The number of halogens is 2. The Hall–Kier alpha value is -2.64. The van der Waals surface area contributed by atoms with Crippen LogP contribution in [0.2, 0.25) is 5.02 Å². The minimum absolute atomic E-state index is 0.0183.